The van der Waals surface area contributed by atoms with Gasteiger partial charge in [0.25, 0.3) is 0 Å². The summed E-state index contributed by atoms with van der Waals surface area (Å²) in [4.78, 5) is 24.7. The van der Waals surface area contributed by atoms with Crippen molar-refractivity contribution >= 4 is 11.8 Å². The molecule has 6 nitrogen and oxygen atoms in total. The standard InChI is InChI=1S/C20H26O6/c1-19-8-7-11-9(10(19)5-6-13(19)18(25)26)3-4-12-14(21)15(22)16(23)17(24)20(11,12)2/h9-11,13,21-23H,3-8H2,1-2H3,(H,25,26)/t9-,10-,11-,13+,19-,20+/m0/s1. The van der Waals surface area contributed by atoms with Crippen LogP contribution in [-0.4, -0.2) is 32.2 Å². The number of carbonyl (C=O) groups excluding carboxylic acids is 1. The number of aliphatic carboxylic acids is 1. The minimum Gasteiger partial charge on any atom is -0.504 e. The van der Waals surface area contributed by atoms with Crippen LogP contribution in [-0.2, 0) is 9.59 Å². The van der Waals surface area contributed by atoms with Gasteiger partial charge in [0.2, 0.25) is 17.3 Å². The van der Waals surface area contributed by atoms with Crippen molar-refractivity contribution in [2.45, 2.75) is 52.4 Å². The number of rotatable bonds is 1. The molecule has 0 unspecified atom stereocenters. The molecule has 26 heavy (non-hydrogen) atoms. The highest BCUT2D eigenvalue weighted by atomic mass is 16.4. The number of carboxylic acids is 1. The number of ketones is 1. The summed E-state index contributed by atoms with van der Waals surface area (Å²) in [5.74, 6) is -3.04. The van der Waals surface area contributed by atoms with Gasteiger partial charge in [0.1, 0.15) is 0 Å². The molecule has 0 bridgehead atoms. The third-order valence-corrected chi connectivity index (χ3v) is 8.25. The molecule has 0 aliphatic heterocycles. The lowest BCUT2D eigenvalue weighted by atomic mass is 9.46. The fourth-order valence-electron chi connectivity index (χ4n) is 6.89. The molecule has 0 spiro atoms. The lowest BCUT2D eigenvalue weighted by Crippen LogP contribution is -2.54. The van der Waals surface area contributed by atoms with Crippen LogP contribution in [0.15, 0.2) is 22.9 Å². The molecule has 3 fully saturated rings. The van der Waals surface area contributed by atoms with E-state index in [1.807, 2.05) is 0 Å². The maximum Gasteiger partial charge on any atom is 0.307 e. The molecule has 0 saturated heterocycles. The van der Waals surface area contributed by atoms with Crippen LogP contribution >= 0.6 is 0 Å². The molecule has 0 aromatic carbocycles. The first-order chi connectivity index (χ1) is 12.1. The van der Waals surface area contributed by atoms with E-state index in [9.17, 15) is 30.0 Å². The van der Waals surface area contributed by atoms with Crippen LogP contribution in [0.5, 0.6) is 0 Å². The molecule has 0 aromatic rings. The Kier molecular flexibility index (Phi) is 3.53. The zero-order valence-electron chi connectivity index (χ0n) is 15.2. The summed E-state index contributed by atoms with van der Waals surface area (Å²) >= 11 is 0. The lowest BCUT2D eigenvalue weighted by molar-refractivity contribution is -0.151. The number of carboxylic acid groups (broad SMARTS) is 1. The maximum atomic E-state index is 12.9. The minimum absolute atomic E-state index is 0.0539. The van der Waals surface area contributed by atoms with E-state index in [0.29, 0.717) is 24.8 Å². The van der Waals surface area contributed by atoms with Gasteiger partial charge in [-0.05, 0) is 74.2 Å². The summed E-state index contributed by atoms with van der Waals surface area (Å²) in [6.45, 7) is 3.85. The first-order valence-corrected chi connectivity index (χ1v) is 9.46. The Bertz CT molecular complexity index is 764. The number of allylic oxidation sites excluding steroid dienone is 2. The molecule has 4 aliphatic carbocycles. The predicted molar refractivity (Wildman–Crippen MR) is 92.5 cm³/mol. The van der Waals surface area contributed by atoms with Gasteiger partial charge in [-0.3, -0.25) is 9.59 Å². The van der Waals surface area contributed by atoms with E-state index in [2.05, 4.69) is 6.92 Å². The van der Waals surface area contributed by atoms with E-state index in [1.54, 1.807) is 6.92 Å². The normalized spacial score (nSPS) is 45.2. The highest BCUT2D eigenvalue weighted by Gasteiger charge is 2.63. The number of hydrogen-bond donors (Lipinski definition) is 4. The third kappa shape index (κ3) is 1.88. The highest BCUT2D eigenvalue weighted by Crippen LogP contribution is 2.66. The topological polar surface area (TPSA) is 115 Å². The van der Waals surface area contributed by atoms with Gasteiger partial charge in [0, 0.05) is 0 Å². The molecule has 6 atom stereocenters. The molecular formula is C20H26O6. The summed E-state index contributed by atoms with van der Waals surface area (Å²) in [6, 6.07) is 0. The molecular weight excluding hydrogens is 336 g/mol. The number of carbonyl (C=O) groups is 2. The van der Waals surface area contributed by atoms with Crippen molar-refractivity contribution in [1.29, 1.82) is 0 Å². The lowest BCUT2D eigenvalue weighted by Gasteiger charge is -2.56. The molecule has 3 saturated carbocycles. The third-order valence-electron chi connectivity index (χ3n) is 8.25. The fourth-order valence-corrected chi connectivity index (χ4v) is 6.89. The second-order valence-electron chi connectivity index (χ2n) is 8.98. The van der Waals surface area contributed by atoms with Crippen molar-refractivity contribution in [3.05, 3.63) is 22.9 Å². The molecule has 6 heteroatoms. The van der Waals surface area contributed by atoms with Crippen molar-refractivity contribution < 1.29 is 30.0 Å². The van der Waals surface area contributed by atoms with E-state index in [0.717, 1.165) is 19.3 Å². The van der Waals surface area contributed by atoms with E-state index >= 15 is 0 Å². The van der Waals surface area contributed by atoms with E-state index < -0.39 is 28.7 Å². The van der Waals surface area contributed by atoms with Gasteiger partial charge < -0.3 is 20.4 Å². The number of aliphatic hydroxyl groups is 3. The Hall–Kier alpha value is -1.98. The van der Waals surface area contributed by atoms with E-state index in [1.165, 1.54) is 0 Å². The van der Waals surface area contributed by atoms with Crippen LogP contribution < -0.4 is 0 Å². The van der Waals surface area contributed by atoms with Crippen LogP contribution in [0.25, 0.3) is 0 Å². The number of hydrogen-bond acceptors (Lipinski definition) is 5. The van der Waals surface area contributed by atoms with E-state index in [4.69, 9.17) is 0 Å². The first-order valence-electron chi connectivity index (χ1n) is 9.46. The molecule has 142 valence electrons. The van der Waals surface area contributed by atoms with Gasteiger partial charge in [-0.2, -0.15) is 0 Å². The molecule has 0 aromatic heterocycles. The molecule has 4 rings (SSSR count). The fraction of sp³-hybridized carbons (Fsp3) is 0.700. The molecule has 0 radical (unpaired) electrons. The average molecular weight is 362 g/mol. The summed E-state index contributed by atoms with van der Waals surface area (Å²) in [5, 5.41) is 39.9. The van der Waals surface area contributed by atoms with Crippen LogP contribution in [0, 0.1) is 34.5 Å². The van der Waals surface area contributed by atoms with Crippen LogP contribution in [0.2, 0.25) is 0 Å². The first kappa shape index (κ1) is 17.4. The average Bonchev–Trinajstić information content (AvgIpc) is 2.96. The smallest absolute Gasteiger partial charge is 0.307 e. The zero-order valence-corrected chi connectivity index (χ0v) is 15.2. The highest BCUT2D eigenvalue weighted by molar-refractivity contribution is 6.02. The van der Waals surface area contributed by atoms with Gasteiger partial charge in [-0.15, -0.1) is 0 Å². The Balaban J connectivity index is 1.76. The number of Topliss-reactive ketones (excluding diaryl/α,β-unsaturated/α-hetero) is 1. The minimum atomic E-state index is -1.02. The summed E-state index contributed by atoms with van der Waals surface area (Å²) < 4.78 is 0. The van der Waals surface area contributed by atoms with Gasteiger partial charge in [0.05, 0.1) is 11.3 Å². The van der Waals surface area contributed by atoms with Gasteiger partial charge in [-0.25, -0.2) is 0 Å². The van der Waals surface area contributed by atoms with Crippen molar-refractivity contribution in [2.75, 3.05) is 0 Å². The molecule has 0 heterocycles. The van der Waals surface area contributed by atoms with Gasteiger partial charge in [-0.1, -0.05) is 6.92 Å². The largest absolute Gasteiger partial charge is 0.504 e. The molecule has 4 aliphatic rings. The summed E-state index contributed by atoms with van der Waals surface area (Å²) in [5.41, 5.74) is -0.758. The zero-order chi connectivity index (χ0) is 19.0. The predicted octanol–water partition coefficient (Wildman–Crippen LogP) is 3.65. The van der Waals surface area contributed by atoms with Crippen LogP contribution in [0.3, 0.4) is 0 Å². The van der Waals surface area contributed by atoms with Crippen LogP contribution in [0.1, 0.15) is 52.4 Å². The van der Waals surface area contributed by atoms with Crippen molar-refractivity contribution in [2.24, 2.45) is 34.5 Å². The van der Waals surface area contributed by atoms with E-state index in [-0.39, 0.29) is 34.8 Å². The van der Waals surface area contributed by atoms with Gasteiger partial charge >= 0.3 is 5.97 Å². The van der Waals surface area contributed by atoms with Gasteiger partial charge in [0.15, 0.2) is 5.76 Å². The maximum absolute atomic E-state index is 12.9. The Morgan fingerprint density at radius 2 is 1.65 bits per heavy atom. The summed E-state index contributed by atoms with van der Waals surface area (Å²) in [6.07, 6.45) is 4.18. The number of aliphatic hydroxyl groups excluding tert-OH is 3. The van der Waals surface area contributed by atoms with Crippen molar-refractivity contribution in [3.63, 3.8) is 0 Å². The van der Waals surface area contributed by atoms with Crippen molar-refractivity contribution in [1.82, 2.24) is 0 Å². The SMILES string of the molecule is C[C@]12C(=O)C(O)=C(O)C(O)=C1CC[C@@H]1[C@@H]2CC[C@]2(C)[C@@H](C(=O)O)CC[C@@H]12. The molecule has 0 amide bonds. The second kappa shape index (κ2) is 5.27. The summed E-state index contributed by atoms with van der Waals surface area (Å²) in [7, 11) is 0. The van der Waals surface area contributed by atoms with Crippen molar-refractivity contribution in [3.8, 4) is 0 Å². The number of fused-ring (bicyclic) bond motifs is 5. The monoisotopic (exact) mass is 362 g/mol. The molecule has 4 N–H and O–H groups in total. The Labute approximate surface area is 152 Å². The van der Waals surface area contributed by atoms with Crippen LogP contribution in [0.4, 0.5) is 0 Å². The Morgan fingerprint density at radius 1 is 0.962 bits per heavy atom. The quantitative estimate of drug-likeness (QED) is 0.566. The second-order valence-corrected chi connectivity index (χ2v) is 8.98. The Morgan fingerprint density at radius 3 is 2.31 bits per heavy atom.